The van der Waals surface area contributed by atoms with E-state index < -0.39 is 11.9 Å². The molecule has 30 heavy (non-hydrogen) atoms. The molecule has 0 atom stereocenters. The van der Waals surface area contributed by atoms with Crippen LogP contribution in [-0.4, -0.2) is 22.0 Å². The molecule has 0 spiro atoms. The summed E-state index contributed by atoms with van der Waals surface area (Å²) in [5.41, 5.74) is 8.59. The second-order valence-corrected chi connectivity index (χ2v) is 7.33. The summed E-state index contributed by atoms with van der Waals surface area (Å²) < 4.78 is 10.6. The summed E-state index contributed by atoms with van der Waals surface area (Å²) in [5.74, 6) is -0.288. The number of amides is 1. The third kappa shape index (κ3) is 4.61. The van der Waals surface area contributed by atoms with E-state index >= 15 is 0 Å². The molecule has 4 rings (SSSR count). The molecule has 7 nitrogen and oxygen atoms in total. The molecule has 0 aliphatic carbocycles. The highest BCUT2D eigenvalue weighted by atomic mass is 32.1. The first-order valence-electron chi connectivity index (χ1n) is 9.10. The summed E-state index contributed by atoms with van der Waals surface area (Å²) in [7, 11) is 0. The van der Waals surface area contributed by atoms with Crippen molar-refractivity contribution in [2.24, 2.45) is 5.73 Å². The molecular formula is C22H17N3O4S. The topological polar surface area (TPSA) is 108 Å². The number of hydrogen-bond acceptors (Lipinski definition) is 7. The van der Waals surface area contributed by atoms with E-state index in [4.69, 9.17) is 15.0 Å². The van der Waals surface area contributed by atoms with Crippen LogP contribution in [0.2, 0.25) is 0 Å². The van der Waals surface area contributed by atoms with Crippen LogP contribution in [0.1, 0.15) is 21.7 Å². The molecule has 2 aromatic heterocycles. The molecule has 150 valence electrons. The van der Waals surface area contributed by atoms with E-state index in [9.17, 15) is 9.59 Å². The molecule has 0 saturated heterocycles. The summed E-state index contributed by atoms with van der Waals surface area (Å²) in [6.45, 7) is 0.0676. The van der Waals surface area contributed by atoms with Crippen LogP contribution < -0.4 is 5.73 Å². The molecule has 2 N–H and O–H groups in total. The summed E-state index contributed by atoms with van der Waals surface area (Å²) in [6, 6.07) is 18.1. The third-order valence-corrected chi connectivity index (χ3v) is 5.23. The highest BCUT2D eigenvalue weighted by molar-refractivity contribution is 7.13. The summed E-state index contributed by atoms with van der Waals surface area (Å²) >= 11 is 1.43. The van der Waals surface area contributed by atoms with Gasteiger partial charge in [0.05, 0.1) is 17.8 Å². The fourth-order valence-corrected chi connectivity index (χ4v) is 3.58. The zero-order valence-corrected chi connectivity index (χ0v) is 16.6. The first-order valence-corrected chi connectivity index (χ1v) is 9.98. The minimum Gasteiger partial charge on any atom is -0.459 e. The number of nitrogens with two attached hydrogens (primary N) is 1. The molecule has 1 amide bonds. The van der Waals surface area contributed by atoms with Crippen molar-refractivity contribution in [1.82, 2.24) is 10.1 Å². The number of carbonyl (C=O) groups is 2. The third-order valence-electron chi connectivity index (χ3n) is 4.29. The van der Waals surface area contributed by atoms with Gasteiger partial charge in [-0.15, -0.1) is 11.3 Å². The predicted molar refractivity (Wildman–Crippen MR) is 112 cm³/mol. The van der Waals surface area contributed by atoms with Gasteiger partial charge in [-0.05, 0) is 12.1 Å². The lowest BCUT2D eigenvalue weighted by Gasteiger charge is -2.01. The molecule has 0 unspecified atom stereocenters. The van der Waals surface area contributed by atoms with Crippen LogP contribution in [0.3, 0.4) is 0 Å². The van der Waals surface area contributed by atoms with E-state index in [0.717, 1.165) is 16.1 Å². The lowest BCUT2D eigenvalue weighted by Crippen LogP contribution is -2.10. The molecule has 0 aliphatic rings. The van der Waals surface area contributed by atoms with Crippen LogP contribution in [0.25, 0.3) is 21.9 Å². The Bertz CT molecular complexity index is 1170. The van der Waals surface area contributed by atoms with Crippen LogP contribution in [0, 0.1) is 0 Å². The molecule has 0 fully saturated rings. The number of aromatic nitrogens is 2. The van der Waals surface area contributed by atoms with Crippen molar-refractivity contribution in [3.05, 3.63) is 83.0 Å². The summed E-state index contributed by atoms with van der Waals surface area (Å²) in [4.78, 5) is 27.8. The Morgan fingerprint density at radius 3 is 2.50 bits per heavy atom. The van der Waals surface area contributed by atoms with Gasteiger partial charge in [-0.1, -0.05) is 47.6 Å². The van der Waals surface area contributed by atoms with Crippen molar-refractivity contribution in [1.29, 1.82) is 0 Å². The molecule has 8 heteroatoms. The number of hydrogen-bond donors (Lipinski definition) is 1. The van der Waals surface area contributed by atoms with Crippen molar-refractivity contribution in [3.63, 3.8) is 0 Å². The minimum atomic E-state index is -0.476. The lowest BCUT2D eigenvalue weighted by molar-refractivity contribution is -0.144. The molecule has 4 aromatic rings. The van der Waals surface area contributed by atoms with Crippen molar-refractivity contribution in [2.75, 3.05) is 0 Å². The van der Waals surface area contributed by atoms with Gasteiger partial charge < -0.3 is 15.0 Å². The zero-order valence-electron chi connectivity index (χ0n) is 15.8. The van der Waals surface area contributed by atoms with Gasteiger partial charge in [-0.3, -0.25) is 9.59 Å². The summed E-state index contributed by atoms with van der Waals surface area (Å²) in [6.07, 6.45) is 0.0158. The van der Waals surface area contributed by atoms with Gasteiger partial charge >= 0.3 is 5.97 Å². The largest absolute Gasteiger partial charge is 0.459 e. The van der Waals surface area contributed by atoms with E-state index in [1.165, 1.54) is 11.3 Å². The number of thiazole rings is 1. The normalized spacial score (nSPS) is 10.7. The van der Waals surface area contributed by atoms with Crippen molar-refractivity contribution >= 4 is 23.2 Å². The Morgan fingerprint density at radius 1 is 1.00 bits per heavy atom. The SMILES string of the molecule is NC(=O)c1ccc(-c2nc(COC(=O)Cc3cc(-c4ccccc4)on3)cs2)cc1. The van der Waals surface area contributed by atoms with Crippen molar-refractivity contribution < 1.29 is 18.8 Å². The van der Waals surface area contributed by atoms with E-state index in [1.807, 2.05) is 35.7 Å². The maximum Gasteiger partial charge on any atom is 0.312 e. The lowest BCUT2D eigenvalue weighted by atomic mass is 10.1. The summed E-state index contributed by atoms with van der Waals surface area (Å²) in [5, 5.41) is 6.52. The molecule has 0 aliphatic heterocycles. The minimum absolute atomic E-state index is 0.0158. The van der Waals surface area contributed by atoms with Gasteiger partial charge in [0, 0.05) is 28.1 Å². The Balaban J connectivity index is 1.32. The van der Waals surface area contributed by atoms with E-state index in [0.29, 0.717) is 22.7 Å². The fraction of sp³-hybridized carbons (Fsp3) is 0.0909. The first-order chi connectivity index (χ1) is 14.6. The monoisotopic (exact) mass is 419 g/mol. The van der Waals surface area contributed by atoms with Crippen molar-refractivity contribution in [2.45, 2.75) is 13.0 Å². The van der Waals surface area contributed by atoms with E-state index in [2.05, 4.69) is 10.1 Å². The quantitative estimate of drug-likeness (QED) is 0.456. The van der Waals surface area contributed by atoms with Crippen LogP contribution in [0.4, 0.5) is 0 Å². The van der Waals surface area contributed by atoms with Crippen LogP contribution in [0.15, 0.2) is 70.6 Å². The highest BCUT2D eigenvalue weighted by Crippen LogP contribution is 2.24. The Kier molecular flexibility index (Phi) is 5.67. The van der Waals surface area contributed by atoms with Gasteiger partial charge in [0.15, 0.2) is 5.76 Å². The van der Waals surface area contributed by atoms with Crippen LogP contribution >= 0.6 is 11.3 Å². The second-order valence-electron chi connectivity index (χ2n) is 6.47. The Hall–Kier alpha value is -3.78. The number of primary amides is 1. The molecule has 0 saturated carbocycles. The Labute approximate surface area is 176 Å². The predicted octanol–water partition coefficient (Wildman–Crippen LogP) is 3.85. The molecule has 0 radical (unpaired) electrons. The first kappa shape index (κ1) is 19.5. The number of carbonyl (C=O) groups excluding carboxylic acids is 2. The molecular weight excluding hydrogens is 402 g/mol. The number of nitrogens with zero attached hydrogens (tertiary/aromatic N) is 2. The standard InChI is InChI=1S/C22H17N3O4S/c23-21(27)15-6-8-16(9-7-15)22-24-18(13-30-22)12-28-20(26)11-17-10-19(29-25-17)14-4-2-1-3-5-14/h1-10,13H,11-12H2,(H2,23,27). The number of esters is 1. The average Bonchev–Trinajstić information content (AvgIpc) is 3.43. The number of benzene rings is 2. The van der Waals surface area contributed by atoms with Gasteiger partial charge in [0.2, 0.25) is 5.91 Å². The average molecular weight is 419 g/mol. The van der Waals surface area contributed by atoms with Gasteiger partial charge in [-0.25, -0.2) is 4.98 Å². The maximum absolute atomic E-state index is 12.1. The van der Waals surface area contributed by atoms with E-state index in [1.54, 1.807) is 30.3 Å². The number of ether oxygens (including phenoxy) is 1. The van der Waals surface area contributed by atoms with Gasteiger partial charge in [0.1, 0.15) is 11.6 Å². The number of rotatable bonds is 7. The highest BCUT2D eigenvalue weighted by Gasteiger charge is 2.13. The fourth-order valence-electron chi connectivity index (χ4n) is 2.77. The molecule has 0 bridgehead atoms. The smallest absolute Gasteiger partial charge is 0.312 e. The van der Waals surface area contributed by atoms with Crippen LogP contribution in [0.5, 0.6) is 0 Å². The second kappa shape index (κ2) is 8.71. The molecule has 2 heterocycles. The van der Waals surface area contributed by atoms with Gasteiger partial charge in [-0.2, -0.15) is 0 Å². The molecule has 2 aromatic carbocycles. The maximum atomic E-state index is 12.1. The van der Waals surface area contributed by atoms with Gasteiger partial charge in [0.25, 0.3) is 0 Å². The van der Waals surface area contributed by atoms with E-state index in [-0.39, 0.29) is 13.0 Å². The zero-order chi connectivity index (χ0) is 20.9. The van der Waals surface area contributed by atoms with Crippen molar-refractivity contribution in [3.8, 4) is 21.9 Å². The Morgan fingerprint density at radius 2 is 1.77 bits per heavy atom. The van der Waals surface area contributed by atoms with Crippen LogP contribution in [-0.2, 0) is 22.6 Å².